The SMILES string of the molecule is CCCCN(CC(=O)N1CCc2sccc2C1c1ccc(Cl)cc1)C(=O)c1ccc2c(c1)OCO2. The van der Waals surface area contributed by atoms with Gasteiger partial charge >= 0.3 is 0 Å². The summed E-state index contributed by atoms with van der Waals surface area (Å²) in [5.41, 5.74) is 2.66. The fourth-order valence-corrected chi connectivity index (χ4v) is 5.69. The van der Waals surface area contributed by atoms with E-state index in [0.29, 0.717) is 35.2 Å². The van der Waals surface area contributed by atoms with E-state index in [1.807, 2.05) is 29.2 Å². The minimum atomic E-state index is -0.191. The highest BCUT2D eigenvalue weighted by Gasteiger charge is 2.34. The van der Waals surface area contributed by atoms with Gasteiger partial charge in [0.15, 0.2) is 11.5 Å². The number of thiophene rings is 1. The smallest absolute Gasteiger partial charge is 0.254 e. The van der Waals surface area contributed by atoms with Crippen LogP contribution in [0.15, 0.2) is 53.9 Å². The minimum Gasteiger partial charge on any atom is -0.454 e. The molecular formula is C27H27ClN2O4S. The van der Waals surface area contributed by atoms with Gasteiger partial charge in [-0.1, -0.05) is 37.1 Å². The second-order valence-corrected chi connectivity index (χ2v) is 10.2. The van der Waals surface area contributed by atoms with Gasteiger partial charge in [0.2, 0.25) is 12.7 Å². The quantitative estimate of drug-likeness (QED) is 0.418. The summed E-state index contributed by atoms with van der Waals surface area (Å²) in [6.45, 7) is 3.37. The Morgan fingerprint density at radius 2 is 1.91 bits per heavy atom. The minimum absolute atomic E-state index is 0.0246. The molecule has 3 aromatic rings. The van der Waals surface area contributed by atoms with E-state index in [1.54, 1.807) is 34.4 Å². The van der Waals surface area contributed by atoms with Crippen LogP contribution in [-0.4, -0.2) is 48.0 Å². The third-order valence-electron chi connectivity index (χ3n) is 6.49. The Labute approximate surface area is 214 Å². The van der Waals surface area contributed by atoms with Gasteiger partial charge in [0.25, 0.3) is 5.91 Å². The molecule has 1 aromatic heterocycles. The lowest BCUT2D eigenvalue weighted by molar-refractivity contribution is -0.134. The molecule has 1 unspecified atom stereocenters. The lowest BCUT2D eigenvalue weighted by Crippen LogP contribution is -2.47. The molecule has 3 heterocycles. The molecule has 182 valence electrons. The Balaban J connectivity index is 1.40. The van der Waals surface area contributed by atoms with Gasteiger partial charge in [-0.3, -0.25) is 9.59 Å². The number of nitrogens with zero attached hydrogens (tertiary/aromatic N) is 2. The predicted molar refractivity (Wildman–Crippen MR) is 136 cm³/mol. The summed E-state index contributed by atoms with van der Waals surface area (Å²) in [5, 5.41) is 2.74. The molecule has 0 fully saturated rings. The summed E-state index contributed by atoms with van der Waals surface area (Å²) in [4.78, 5) is 32.1. The highest BCUT2D eigenvalue weighted by Crippen LogP contribution is 2.38. The van der Waals surface area contributed by atoms with Crippen molar-refractivity contribution >= 4 is 34.8 Å². The van der Waals surface area contributed by atoms with Crippen LogP contribution in [-0.2, 0) is 11.2 Å². The molecule has 0 bridgehead atoms. The van der Waals surface area contributed by atoms with E-state index in [-0.39, 0.29) is 31.2 Å². The molecule has 5 rings (SSSR count). The van der Waals surface area contributed by atoms with Gasteiger partial charge in [-0.25, -0.2) is 0 Å². The molecule has 8 heteroatoms. The number of fused-ring (bicyclic) bond motifs is 2. The van der Waals surface area contributed by atoms with Crippen LogP contribution in [0.1, 0.15) is 52.2 Å². The average molecular weight is 511 g/mol. The monoisotopic (exact) mass is 510 g/mol. The zero-order valence-corrected chi connectivity index (χ0v) is 21.1. The van der Waals surface area contributed by atoms with Crippen LogP contribution in [0, 0.1) is 0 Å². The number of hydrogen-bond donors (Lipinski definition) is 0. The Morgan fingerprint density at radius 1 is 1.11 bits per heavy atom. The second-order valence-electron chi connectivity index (χ2n) is 8.74. The van der Waals surface area contributed by atoms with Gasteiger partial charge in [-0.15, -0.1) is 11.3 Å². The van der Waals surface area contributed by atoms with Crippen LogP contribution in [0.3, 0.4) is 0 Å². The summed E-state index contributed by atoms with van der Waals surface area (Å²) in [6, 6.07) is 14.8. The summed E-state index contributed by atoms with van der Waals surface area (Å²) in [6.07, 6.45) is 2.56. The molecule has 0 saturated carbocycles. The first-order valence-electron chi connectivity index (χ1n) is 11.8. The molecule has 0 spiro atoms. The summed E-state index contributed by atoms with van der Waals surface area (Å²) < 4.78 is 10.8. The van der Waals surface area contributed by atoms with E-state index >= 15 is 0 Å². The van der Waals surface area contributed by atoms with Gasteiger partial charge in [0.1, 0.15) is 6.54 Å². The first-order valence-corrected chi connectivity index (χ1v) is 13.1. The Kier molecular flexibility index (Phi) is 6.97. The molecule has 1 atom stereocenters. The summed E-state index contributed by atoms with van der Waals surface area (Å²) in [7, 11) is 0. The van der Waals surface area contributed by atoms with E-state index in [1.165, 1.54) is 4.88 Å². The number of carbonyl (C=O) groups excluding carboxylic acids is 2. The van der Waals surface area contributed by atoms with Crippen molar-refractivity contribution < 1.29 is 19.1 Å². The number of amides is 2. The fraction of sp³-hybridized carbons (Fsp3) is 0.333. The van der Waals surface area contributed by atoms with Crippen LogP contribution in [0.2, 0.25) is 5.02 Å². The number of rotatable bonds is 7. The van der Waals surface area contributed by atoms with Gasteiger partial charge in [-0.05, 0) is 65.7 Å². The maximum absolute atomic E-state index is 13.7. The topological polar surface area (TPSA) is 59.1 Å². The van der Waals surface area contributed by atoms with Crippen molar-refractivity contribution in [2.24, 2.45) is 0 Å². The van der Waals surface area contributed by atoms with E-state index in [9.17, 15) is 9.59 Å². The Morgan fingerprint density at radius 3 is 2.71 bits per heavy atom. The van der Waals surface area contributed by atoms with Crippen molar-refractivity contribution in [1.29, 1.82) is 0 Å². The predicted octanol–water partition coefficient (Wildman–Crippen LogP) is 5.55. The van der Waals surface area contributed by atoms with E-state index in [0.717, 1.165) is 30.4 Å². The number of hydrogen-bond acceptors (Lipinski definition) is 5. The molecule has 35 heavy (non-hydrogen) atoms. The van der Waals surface area contributed by atoms with Crippen LogP contribution in [0.25, 0.3) is 0 Å². The first-order chi connectivity index (χ1) is 17.0. The number of halogens is 1. The summed E-state index contributed by atoms with van der Waals surface area (Å²) >= 11 is 7.86. The van der Waals surface area contributed by atoms with Crippen LogP contribution < -0.4 is 9.47 Å². The molecular weight excluding hydrogens is 484 g/mol. The van der Waals surface area contributed by atoms with Crippen molar-refractivity contribution in [1.82, 2.24) is 9.80 Å². The molecule has 2 aliphatic heterocycles. The molecule has 0 radical (unpaired) electrons. The van der Waals surface area contributed by atoms with Crippen molar-refractivity contribution in [2.45, 2.75) is 32.2 Å². The molecule has 6 nitrogen and oxygen atoms in total. The highest BCUT2D eigenvalue weighted by molar-refractivity contribution is 7.10. The maximum atomic E-state index is 13.7. The van der Waals surface area contributed by atoms with Crippen LogP contribution >= 0.6 is 22.9 Å². The van der Waals surface area contributed by atoms with Gasteiger partial charge in [0, 0.05) is 28.6 Å². The van der Waals surface area contributed by atoms with E-state index < -0.39 is 0 Å². The normalized spacial score (nSPS) is 16.2. The van der Waals surface area contributed by atoms with E-state index in [2.05, 4.69) is 18.4 Å². The van der Waals surface area contributed by atoms with Crippen molar-refractivity contribution in [3.8, 4) is 11.5 Å². The number of unbranched alkanes of at least 4 members (excludes halogenated alkanes) is 1. The number of ether oxygens (including phenoxy) is 2. The van der Waals surface area contributed by atoms with Gasteiger partial charge in [-0.2, -0.15) is 0 Å². The molecule has 2 aliphatic rings. The van der Waals surface area contributed by atoms with E-state index in [4.69, 9.17) is 21.1 Å². The number of carbonyl (C=O) groups is 2. The molecule has 0 aliphatic carbocycles. The van der Waals surface area contributed by atoms with Crippen molar-refractivity contribution in [3.05, 3.63) is 80.5 Å². The number of benzene rings is 2. The van der Waals surface area contributed by atoms with Gasteiger partial charge in [0.05, 0.1) is 6.04 Å². The third kappa shape index (κ3) is 4.88. The Hall–Kier alpha value is -3.03. The fourth-order valence-electron chi connectivity index (χ4n) is 4.66. The van der Waals surface area contributed by atoms with Crippen molar-refractivity contribution in [2.75, 3.05) is 26.4 Å². The standard InChI is InChI=1S/C27H27ClN2O4S/c1-2-3-12-29(27(32)19-6-9-22-23(15-19)34-17-33-22)16-25(31)30-13-10-24-21(11-14-35-24)26(30)18-4-7-20(28)8-5-18/h4-9,11,14-15,26H,2-3,10,12-13,16-17H2,1H3. The molecule has 2 amide bonds. The molecule has 0 N–H and O–H groups in total. The van der Waals surface area contributed by atoms with Gasteiger partial charge < -0.3 is 19.3 Å². The van der Waals surface area contributed by atoms with Crippen LogP contribution in [0.5, 0.6) is 11.5 Å². The zero-order valence-electron chi connectivity index (χ0n) is 19.5. The molecule has 0 saturated heterocycles. The summed E-state index contributed by atoms with van der Waals surface area (Å²) in [5.74, 6) is 0.943. The Bertz CT molecular complexity index is 1230. The lowest BCUT2D eigenvalue weighted by atomic mass is 9.93. The third-order valence-corrected chi connectivity index (χ3v) is 7.73. The van der Waals surface area contributed by atoms with Crippen molar-refractivity contribution in [3.63, 3.8) is 0 Å². The lowest BCUT2D eigenvalue weighted by Gasteiger charge is -2.37. The maximum Gasteiger partial charge on any atom is 0.254 e. The first kappa shape index (κ1) is 23.7. The largest absolute Gasteiger partial charge is 0.454 e. The highest BCUT2D eigenvalue weighted by atomic mass is 35.5. The molecule has 2 aromatic carbocycles. The van der Waals surface area contributed by atoms with Crippen LogP contribution in [0.4, 0.5) is 0 Å². The average Bonchev–Trinajstić information content (AvgIpc) is 3.55. The second kappa shape index (κ2) is 10.3. The zero-order chi connectivity index (χ0) is 24.4.